The molecule has 8 nitrogen and oxygen atoms in total. The van der Waals surface area contributed by atoms with Crippen LogP contribution in [0.4, 0.5) is 15.3 Å². The lowest BCUT2D eigenvalue weighted by atomic mass is 9.86. The molecule has 0 radical (unpaired) electrons. The van der Waals surface area contributed by atoms with Crippen molar-refractivity contribution in [2.45, 2.75) is 51.0 Å². The number of nitrogens with zero attached hydrogens (tertiary/aromatic N) is 3. The molecule has 0 aromatic carbocycles. The minimum atomic E-state index is -0.997. The van der Waals surface area contributed by atoms with Crippen LogP contribution in [0.5, 0.6) is 0 Å². The smallest absolute Gasteiger partial charge is 0.410 e. The van der Waals surface area contributed by atoms with E-state index in [0.29, 0.717) is 31.6 Å². The van der Waals surface area contributed by atoms with Crippen LogP contribution in [0.3, 0.4) is 0 Å². The Labute approximate surface area is 146 Å². The fourth-order valence-corrected chi connectivity index (χ4v) is 3.26. The van der Waals surface area contributed by atoms with Crippen LogP contribution in [0.2, 0.25) is 0 Å². The second-order valence-corrected chi connectivity index (χ2v) is 7.50. The van der Waals surface area contributed by atoms with Gasteiger partial charge in [-0.2, -0.15) is 0 Å². The van der Waals surface area contributed by atoms with E-state index >= 15 is 0 Å². The van der Waals surface area contributed by atoms with Crippen molar-refractivity contribution in [3.63, 3.8) is 0 Å². The molecule has 2 fully saturated rings. The van der Waals surface area contributed by atoms with Crippen LogP contribution >= 0.6 is 0 Å². The molecule has 2 aliphatic rings. The maximum atomic E-state index is 12.4. The standard InChI is InChI=1S/C17H24N4O4/c1-16(2,3)25-15(24)20-10-6-17(7-11-20)13(22)21(14(23)19-17)12-4-8-18-9-5-12/h4-5,8-9,13,22H,6-7,10-11H2,1-3H3,(H,19,23). The first kappa shape index (κ1) is 17.5. The highest BCUT2D eigenvalue weighted by molar-refractivity contribution is 5.95. The molecule has 2 saturated heterocycles. The Hall–Kier alpha value is -2.35. The van der Waals surface area contributed by atoms with Gasteiger partial charge in [0.15, 0.2) is 6.23 Å². The number of anilines is 1. The summed E-state index contributed by atoms with van der Waals surface area (Å²) in [5.41, 5.74) is -0.726. The van der Waals surface area contributed by atoms with Crippen molar-refractivity contribution in [1.82, 2.24) is 15.2 Å². The number of hydrogen-bond donors (Lipinski definition) is 2. The van der Waals surface area contributed by atoms with E-state index in [9.17, 15) is 14.7 Å². The molecule has 25 heavy (non-hydrogen) atoms. The zero-order valence-electron chi connectivity index (χ0n) is 14.7. The molecule has 136 valence electrons. The van der Waals surface area contributed by atoms with Gasteiger partial charge in [-0.25, -0.2) is 9.59 Å². The van der Waals surface area contributed by atoms with Gasteiger partial charge in [0.1, 0.15) is 5.60 Å². The number of likely N-dealkylation sites (tertiary alicyclic amines) is 1. The van der Waals surface area contributed by atoms with Crippen molar-refractivity contribution in [2.75, 3.05) is 18.0 Å². The van der Waals surface area contributed by atoms with E-state index in [1.54, 1.807) is 29.4 Å². The third kappa shape index (κ3) is 3.39. The van der Waals surface area contributed by atoms with E-state index in [1.807, 2.05) is 20.8 Å². The Bertz CT molecular complexity index is 650. The van der Waals surface area contributed by atoms with Crippen molar-refractivity contribution < 1.29 is 19.4 Å². The van der Waals surface area contributed by atoms with Crippen LogP contribution in [-0.2, 0) is 4.74 Å². The van der Waals surface area contributed by atoms with E-state index in [1.165, 1.54) is 4.90 Å². The summed E-state index contributed by atoms with van der Waals surface area (Å²) in [7, 11) is 0. The van der Waals surface area contributed by atoms with E-state index < -0.39 is 17.4 Å². The largest absolute Gasteiger partial charge is 0.444 e. The number of aliphatic hydroxyl groups excluding tert-OH is 1. The van der Waals surface area contributed by atoms with Crippen molar-refractivity contribution in [1.29, 1.82) is 0 Å². The van der Waals surface area contributed by atoms with Gasteiger partial charge >= 0.3 is 12.1 Å². The van der Waals surface area contributed by atoms with Gasteiger partial charge in [0.25, 0.3) is 0 Å². The lowest BCUT2D eigenvalue weighted by Crippen LogP contribution is -2.58. The number of aromatic nitrogens is 1. The quantitative estimate of drug-likeness (QED) is 0.805. The molecule has 3 rings (SSSR count). The predicted molar refractivity (Wildman–Crippen MR) is 91.0 cm³/mol. The first-order chi connectivity index (χ1) is 11.7. The van der Waals surface area contributed by atoms with Gasteiger partial charge in [-0.05, 0) is 45.7 Å². The van der Waals surface area contributed by atoms with Crippen molar-refractivity contribution in [3.8, 4) is 0 Å². The summed E-state index contributed by atoms with van der Waals surface area (Å²) in [4.78, 5) is 31.5. The Morgan fingerprint density at radius 1 is 1.32 bits per heavy atom. The number of rotatable bonds is 1. The molecule has 0 bridgehead atoms. The van der Waals surface area contributed by atoms with E-state index in [2.05, 4.69) is 10.3 Å². The Kier molecular flexibility index (Phi) is 4.32. The zero-order valence-corrected chi connectivity index (χ0v) is 14.7. The molecule has 2 N–H and O–H groups in total. The van der Waals surface area contributed by atoms with Gasteiger partial charge in [0.2, 0.25) is 0 Å². The average molecular weight is 348 g/mol. The first-order valence-electron chi connectivity index (χ1n) is 8.39. The number of urea groups is 1. The summed E-state index contributed by atoms with van der Waals surface area (Å²) in [5.74, 6) is 0. The molecule has 0 aliphatic carbocycles. The number of ether oxygens (including phenoxy) is 1. The van der Waals surface area contributed by atoms with Gasteiger partial charge in [-0.15, -0.1) is 0 Å². The topological polar surface area (TPSA) is 95.0 Å². The third-order valence-electron chi connectivity index (χ3n) is 4.56. The Morgan fingerprint density at radius 3 is 2.48 bits per heavy atom. The fraction of sp³-hybridized carbons (Fsp3) is 0.588. The molecule has 8 heteroatoms. The highest BCUT2D eigenvalue weighted by Gasteiger charge is 2.53. The van der Waals surface area contributed by atoms with E-state index in [4.69, 9.17) is 4.74 Å². The third-order valence-corrected chi connectivity index (χ3v) is 4.56. The van der Waals surface area contributed by atoms with Gasteiger partial charge in [-0.3, -0.25) is 9.88 Å². The monoisotopic (exact) mass is 348 g/mol. The maximum absolute atomic E-state index is 12.4. The van der Waals surface area contributed by atoms with Crippen molar-refractivity contribution >= 4 is 17.8 Å². The number of amides is 3. The van der Waals surface area contributed by atoms with E-state index in [0.717, 1.165) is 0 Å². The molecule has 3 heterocycles. The summed E-state index contributed by atoms with van der Waals surface area (Å²) in [6, 6.07) is 3.01. The number of nitrogens with one attached hydrogen (secondary N) is 1. The minimum Gasteiger partial charge on any atom is -0.444 e. The van der Waals surface area contributed by atoms with Crippen LogP contribution in [0, 0.1) is 0 Å². The number of carbonyl (C=O) groups excluding carboxylic acids is 2. The maximum Gasteiger partial charge on any atom is 0.410 e. The van der Waals surface area contributed by atoms with E-state index in [-0.39, 0.29) is 12.1 Å². The summed E-state index contributed by atoms with van der Waals surface area (Å²) in [5, 5.41) is 13.7. The lowest BCUT2D eigenvalue weighted by molar-refractivity contribution is 0.00325. The number of carbonyl (C=O) groups is 2. The second kappa shape index (κ2) is 6.18. The second-order valence-electron chi connectivity index (χ2n) is 7.50. The summed E-state index contributed by atoms with van der Waals surface area (Å²) in [6.45, 7) is 6.30. The molecule has 1 aromatic rings. The fourth-order valence-electron chi connectivity index (χ4n) is 3.26. The molecule has 3 amide bonds. The van der Waals surface area contributed by atoms with Crippen molar-refractivity contribution in [2.24, 2.45) is 0 Å². The molecule has 1 aromatic heterocycles. The van der Waals surface area contributed by atoms with Crippen LogP contribution in [-0.4, -0.2) is 57.6 Å². The first-order valence-corrected chi connectivity index (χ1v) is 8.39. The van der Waals surface area contributed by atoms with Crippen molar-refractivity contribution in [3.05, 3.63) is 24.5 Å². The summed E-state index contributed by atoms with van der Waals surface area (Å²) >= 11 is 0. The van der Waals surface area contributed by atoms with Crippen LogP contribution in [0.1, 0.15) is 33.6 Å². The Morgan fingerprint density at radius 2 is 1.92 bits per heavy atom. The van der Waals surface area contributed by atoms with Gasteiger partial charge < -0.3 is 20.1 Å². The van der Waals surface area contributed by atoms with Gasteiger partial charge in [-0.1, -0.05) is 0 Å². The highest BCUT2D eigenvalue weighted by Crippen LogP contribution is 2.35. The molecule has 1 atom stereocenters. The highest BCUT2D eigenvalue weighted by atomic mass is 16.6. The van der Waals surface area contributed by atoms with Gasteiger partial charge in [0.05, 0.1) is 11.2 Å². The zero-order chi connectivity index (χ0) is 18.2. The predicted octanol–water partition coefficient (Wildman–Crippen LogP) is 1.70. The normalized spacial score (nSPS) is 22.9. The average Bonchev–Trinajstić information content (AvgIpc) is 2.77. The lowest BCUT2D eigenvalue weighted by Gasteiger charge is -2.41. The molecule has 0 saturated carbocycles. The molecule has 1 unspecified atom stereocenters. The van der Waals surface area contributed by atoms with Crippen LogP contribution < -0.4 is 10.2 Å². The van der Waals surface area contributed by atoms with Crippen LogP contribution in [0.25, 0.3) is 0 Å². The number of hydrogen-bond acceptors (Lipinski definition) is 5. The molecule has 2 aliphatic heterocycles. The SMILES string of the molecule is CC(C)(C)OC(=O)N1CCC2(CC1)NC(=O)N(c1ccncc1)C2O. The van der Waals surface area contributed by atoms with Gasteiger partial charge in [0, 0.05) is 25.5 Å². The number of pyridine rings is 1. The molecular formula is C17H24N4O4. The number of piperidine rings is 1. The minimum absolute atomic E-state index is 0.343. The Balaban J connectivity index is 1.69. The summed E-state index contributed by atoms with van der Waals surface area (Å²) < 4.78 is 5.39. The number of aliphatic hydroxyl groups is 1. The molecule has 1 spiro atoms. The van der Waals surface area contributed by atoms with Crippen LogP contribution in [0.15, 0.2) is 24.5 Å². The molecular weight excluding hydrogens is 324 g/mol. The summed E-state index contributed by atoms with van der Waals surface area (Å²) in [6.07, 6.45) is 2.70.